The van der Waals surface area contributed by atoms with E-state index in [0.717, 1.165) is 12.5 Å². The highest BCUT2D eigenvalue weighted by molar-refractivity contribution is 6.32. The van der Waals surface area contributed by atoms with E-state index in [1.165, 1.54) is 18.1 Å². The molecule has 1 atom stereocenters. The van der Waals surface area contributed by atoms with Crippen LogP contribution < -0.4 is 20.1 Å². The van der Waals surface area contributed by atoms with Gasteiger partial charge in [0, 0.05) is 43.0 Å². The molecule has 1 fully saturated rings. The molecule has 0 saturated carbocycles. The molecular formula is C25H25ClFN5O5. The van der Waals surface area contributed by atoms with Crippen LogP contribution in [-0.2, 0) is 6.42 Å². The molecule has 37 heavy (non-hydrogen) atoms. The molecule has 12 heteroatoms. The maximum atomic E-state index is 14.3. The highest BCUT2D eigenvalue weighted by Gasteiger charge is 2.31. The first-order valence-corrected chi connectivity index (χ1v) is 12.1. The maximum Gasteiger partial charge on any atom is 0.407 e. The Hall–Kier alpha value is -3.99. The lowest BCUT2D eigenvalue weighted by molar-refractivity contribution is 0.0946. The van der Waals surface area contributed by atoms with Gasteiger partial charge in [0.1, 0.15) is 18.2 Å². The van der Waals surface area contributed by atoms with Gasteiger partial charge in [0.25, 0.3) is 5.91 Å². The number of carbonyl (C=O) groups excluding carboxylic acids is 1. The second-order valence-corrected chi connectivity index (χ2v) is 9.19. The van der Waals surface area contributed by atoms with E-state index in [0.29, 0.717) is 59.9 Å². The minimum Gasteiger partial charge on any atom is -0.493 e. The summed E-state index contributed by atoms with van der Waals surface area (Å²) in [4.78, 5) is 33.3. The van der Waals surface area contributed by atoms with Gasteiger partial charge in [-0.1, -0.05) is 11.6 Å². The van der Waals surface area contributed by atoms with Gasteiger partial charge in [-0.3, -0.25) is 9.78 Å². The van der Waals surface area contributed by atoms with E-state index in [1.807, 2.05) is 0 Å². The average Bonchev–Trinajstić information content (AvgIpc) is 3.48. The number of nitrogens with one attached hydrogen (secondary N) is 3. The number of amides is 2. The van der Waals surface area contributed by atoms with E-state index in [2.05, 4.69) is 20.6 Å². The standard InChI is InChI=1S/C25H25ClFN5O5/c1-36-23-16(26)9-13(27)10-18(23)31-22-20-17(5-7-29-24(20)33)30-21(22)15-4-6-28-11-19(15)37-12-14-3-2-8-32(14)25(34)35/h4,6,9-11,14,30-31H,2-3,5,7-8,12H2,1H3,(H,29,33)(H,34,35)/t14-/m0/s1. The van der Waals surface area contributed by atoms with Crippen LogP contribution in [0.1, 0.15) is 28.9 Å². The number of rotatable bonds is 7. The number of likely N-dealkylation sites (tertiary alicyclic amines) is 1. The van der Waals surface area contributed by atoms with Crippen molar-refractivity contribution in [1.29, 1.82) is 0 Å². The van der Waals surface area contributed by atoms with E-state index in [4.69, 9.17) is 21.1 Å². The Morgan fingerprint density at radius 3 is 3.03 bits per heavy atom. The monoisotopic (exact) mass is 529 g/mol. The van der Waals surface area contributed by atoms with Crippen LogP contribution in [0.5, 0.6) is 11.5 Å². The fourth-order valence-corrected chi connectivity index (χ4v) is 5.13. The fourth-order valence-electron chi connectivity index (χ4n) is 4.85. The lowest BCUT2D eigenvalue weighted by Crippen LogP contribution is -2.38. The third-order valence-electron chi connectivity index (χ3n) is 6.55. The van der Waals surface area contributed by atoms with E-state index in [1.54, 1.807) is 18.5 Å². The van der Waals surface area contributed by atoms with Crippen LogP contribution in [0.25, 0.3) is 11.3 Å². The largest absolute Gasteiger partial charge is 0.493 e. The first kappa shape index (κ1) is 24.7. The van der Waals surface area contributed by atoms with Gasteiger partial charge in [-0.15, -0.1) is 0 Å². The third-order valence-corrected chi connectivity index (χ3v) is 6.83. The number of nitrogens with zero attached hydrogens (tertiary/aromatic N) is 2. The molecule has 1 saturated heterocycles. The van der Waals surface area contributed by atoms with Crippen LogP contribution in [0.2, 0.25) is 5.02 Å². The number of fused-ring (bicyclic) bond motifs is 1. The molecule has 0 unspecified atom stereocenters. The van der Waals surface area contributed by atoms with Crippen molar-refractivity contribution in [3.05, 3.63) is 52.7 Å². The van der Waals surface area contributed by atoms with Gasteiger partial charge in [-0.2, -0.15) is 0 Å². The van der Waals surface area contributed by atoms with Crippen molar-refractivity contribution in [1.82, 2.24) is 20.2 Å². The summed E-state index contributed by atoms with van der Waals surface area (Å²) < 4.78 is 25.7. The number of anilines is 2. The smallest absolute Gasteiger partial charge is 0.407 e. The van der Waals surface area contributed by atoms with Crippen LogP contribution in [0.4, 0.5) is 20.6 Å². The number of carbonyl (C=O) groups is 2. The minimum absolute atomic E-state index is 0.0767. The molecule has 5 rings (SSSR count). The molecule has 4 heterocycles. The average molecular weight is 530 g/mol. The summed E-state index contributed by atoms with van der Waals surface area (Å²) in [6.07, 6.45) is 4.18. The van der Waals surface area contributed by atoms with Crippen LogP contribution in [0.3, 0.4) is 0 Å². The molecule has 4 N–H and O–H groups in total. The van der Waals surface area contributed by atoms with Gasteiger partial charge in [0.2, 0.25) is 0 Å². The number of pyridine rings is 1. The molecule has 1 aromatic carbocycles. The second-order valence-electron chi connectivity index (χ2n) is 8.78. The number of hydrogen-bond donors (Lipinski definition) is 4. The van der Waals surface area contributed by atoms with Gasteiger partial charge in [0.05, 0.1) is 47.0 Å². The molecular weight excluding hydrogens is 505 g/mol. The highest BCUT2D eigenvalue weighted by Crippen LogP contribution is 2.43. The molecule has 0 radical (unpaired) electrons. The summed E-state index contributed by atoms with van der Waals surface area (Å²) in [6.45, 7) is 1.09. The summed E-state index contributed by atoms with van der Waals surface area (Å²) in [5.74, 6) is -0.226. The maximum absolute atomic E-state index is 14.3. The molecule has 10 nitrogen and oxygen atoms in total. The van der Waals surface area contributed by atoms with Crippen LogP contribution >= 0.6 is 11.6 Å². The zero-order valence-corrected chi connectivity index (χ0v) is 20.7. The molecule has 2 aliphatic rings. The molecule has 0 aliphatic carbocycles. The van der Waals surface area contributed by atoms with E-state index in [9.17, 15) is 19.1 Å². The second kappa shape index (κ2) is 10.2. The van der Waals surface area contributed by atoms with E-state index >= 15 is 0 Å². The Labute approximate surface area is 216 Å². The Kier molecular flexibility index (Phi) is 6.79. The van der Waals surface area contributed by atoms with Crippen molar-refractivity contribution in [2.24, 2.45) is 0 Å². The van der Waals surface area contributed by atoms with Crippen molar-refractivity contribution in [3.8, 4) is 22.8 Å². The van der Waals surface area contributed by atoms with Crippen molar-refractivity contribution < 1.29 is 28.6 Å². The number of aromatic nitrogens is 2. The Morgan fingerprint density at radius 1 is 1.41 bits per heavy atom. The number of aromatic amines is 1. The zero-order valence-electron chi connectivity index (χ0n) is 19.9. The molecule has 2 amide bonds. The number of carboxylic acid groups (broad SMARTS) is 1. The topological polar surface area (TPSA) is 129 Å². The lowest BCUT2D eigenvalue weighted by Gasteiger charge is -2.22. The Bertz CT molecular complexity index is 1360. The first-order valence-electron chi connectivity index (χ1n) is 11.8. The number of benzene rings is 1. The van der Waals surface area contributed by atoms with Crippen LogP contribution in [0, 0.1) is 5.82 Å². The van der Waals surface area contributed by atoms with Crippen LogP contribution in [0.15, 0.2) is 30.6 Å². The SMILES string of the molecule is COc1c(Cl)cc(F)cc1Nc1c(-c2ccncc2OC[C@@H]2CCCN2C(=O)O)[nH]c2c1C(=O)NCC2. The molecule has 2 aromatic heterocycles. The highest BCUT2D eigenvalue weighted by atomic mass is 35.5. The molecule has 2 aliphatic heterocycles. The predicted octanol–water partition coefficient (Wildman–Crippen LogP) is 4.43. The lowest BCUT2D eigenvalue weighted by atomic mass is 10.0. The normalized spacial score (nSPS) is 16.8. The number of halogens is 2. The summed E-state index contributed by atoms with van der Waals surface area (Å²) in [6, 6.07) is 3.84. The number of ether oxygens (including phenoxy) is 2. The summed E-state index contributed by atoms with van der Waals surface area (Å²) >= 11 is 6.20. The van der Waals surface area contributed by atoms with Gasteiger partial charge < -0.3 is 35.1 Å². The summed E-state index contributed by atoms with van der Waals surface area (Å²) in [5, 5.41) is 15.5. The summed E-state index contributed by atoms with van der Waals surface area (Å²) in [5.41, 5.74) is 2.87. The van der Waals surface area contributed by atoms with Crippen LogP contribution in [-0.4, -0.2) is 64.8 Å². The number of H-pyrrole nitrogens is 1. The van der Waals surface area contributed by atoms with E-state index < -0.39 is 11.9 Å². The van der Waals surface area contributed by atoms with E-state index in [-0.39, 0.29) is 35.0 Å². The zero-order chi connectivity index (χ0) is 26.1. The molecule has 194 valence electrons. The quantitative estimate of drug-likeness (QED) is 0.356. The number of methoxy groups -OCH3 is 1. The Morgan fingerprint density at radius 2 is 2.24 bits per heavy atom. The molecule has 0 bridgehead atoms. The predicted molar refractivity (Wildman–Crippen MR) is 135 cm³/mol. The van der Waals surface area contributed by atoms with Gasteiger partial charge in [0.15, 0.2) is 5.75 Å². The third kappa shape index (κ3) is 4.74. The van der Waals surface area contributed by atoms with Gasteiger partial charge >= 0.3 is 6.09 Å². The Balaban J connectivity index is 1.56. The summed E-state index contributed by atoms with van der Waals surface area (Å²) in [7, 11) is 1.42. The van der Waals surface area contributed by atoms with Crippen molar-refractivity contribution in [2.75, 3.05) is 32.1 Å². The van der Waals surface area contributed by atoms with Gasteiger partial charge in [-0.05, 0) is 25.0 Å². The fraction of sp³-hybridized carbons (Fsp3) is 0.320. The number of hydrogen-bond acceptors (Lipinski definition) is 6. The van der Waals surface area contributed by atoms with Gasteiger partial charge in [-0.25, -0.2) is 9.18 Å². The van der Waals surface area contributed by atoms with Crippen molar-refractivity contribution in [2.45, 2.75) is 25.3 Å². The van der Waals surface area contributed by atoms with Crippen molar-refractivity contribution in [3.63, 3.8) is 0 Å². The van der Waals surface area contributed by atoms with Crippen molar-refractivity contribution >= 4 is 35.0 Å². The molecule has 3 aromatic rings. The minimum atomic E-state index is -0.977. The molecule has 0 spiro atoms. The first-order chi connectivity index (χ1) is 17.9.